The zero-order chi connectivity index (χ0) is 19.6. The molecule has 0 aliphatic carbocycles. The minimum atomic E-state index is -0.531. The molecular formula is C21H24N2O4. The first-order valence-corrected chi connectivity index (χ1v) is 8.98. The van der Waals surface area contributed by atoms with Crippen LogP contribution in [0.3, 0.4) is 0 Å². The minimum Gasteiger partial charge on any atom is -0.484 e. The van der Waals surface area contributed by atoms with Gasteiger partial charge >= 0.3 is 0 Å². The van der Waals surface area contributed by atoms with Crippen LogP contribution < -0.4 is 20.1 Å². The van der Waals surface area contributed by atoms with Crippen molar-refractivity contribution in [3.63, 3.8) is 0 Å². The summed E-state index contributed by atoms with van der Waals surface area (Å²) in [6, 6.07) is 11.0. The van der Waals surface area contributed by atoms with E-state index in [9.17, 15) is 9.59 Å². The van der Waals surface area contributed by atoms with Crippen LogP contribution in [0.5, 0.6) is 11.5 Å². The highest BCUT2D eigenvalue weighted by Crippen LogP contribution is 2.32. The van der Waals surface area contributed by atoms with E-state index in [1.165, 1.54) is 5.56 Å². The highest BCUT2D eigenvalue weighted by molar-refractivity contribution is 5.99. The van der Waals surface area contributed by atoms with Crippen LogP contribution in [-0.2, 0) is 9.59 Å². The predicted octanol–water partition coefficient (Wildman–Crippen LogP) is 3.86. The maximum absolute atomic E-state index is 12.2. The highest BCUT2D eigenvalue weighted by Gasteiger charge is 2.23. The van der Waals surface area contributed by atoms with E-state index >= 15 is 0 Å². The van der Waals surface area contributed by atoms with E-state index in [1.54, 1.807) is 25.1 Å². The number of benzene rings is 2. The first-order valence-electron chi connectivity index (χ1n) is 8.98. The average Bonchev–Trinajstić information content (AvgIpc) is 2.61. The molecule has 0 radical (unpaired) electrons. The third-order valence-electron chi connectivity index (χ3n) is 4.43. The Labute approximate surface area is 158 Å². The average molecular weight is 368 g/mol. The Morgan fingerprint density at radius 3 is 2.74 bits per heavy atom. The van der Waals surface area contributed by atoms with Gasteiger partial charge in [0.05, 0.1) is 5.69 Å². The second kappa shape index (κ2) is 7.70. The van der Waals surface area contributed by atoms with Crippen LogP contribution >= 0.6 is 0 Å². The molecule has 0 unspecified atom stereocenters. The van der Waals surface area contributed by atoms with Crippen LogP contribution in [-0.4, -0.2) is 24.5 Å². The van der Waals surface area contributed by atoms with Gasteiger partial charge in [0.25, 0.3) is 11.8 Å². The maximum atomic E-state index is 12.2. The fourth-order valence-electron chi connectivity index (χ4n) is 3.02. The summed E-state index contributed by atoms with van der Waals surface area (Å²) < 4.78 is 11.1. The minimum absolute atomic E-state index is 0.0998. The van der Waals surface area contributed by atoms with E-state index in [-0.39, 0.29) is 18.4 Å². The van der Waals surface area contributed by atoms with E-state index in [1.807, 2.05) is 25.1 Å². The van der Waals surface area contributed by atoms with Crippen molar-refractivity contribution in [2.24, 2.45) is 0 Å². The lowest BCUT2D eigenvalue weighted by molar-refractivity contribution is -0.122. The van der Waals surface area contributed by atoms with Gasteiger partial charge in [-0.2, -0.15) is 0 Å². The van der Waals surface area contributed by atoms with E-state index in [2.05, 4.69) is 24.5 Å². The van der Waals surface area contributed by atoms with Gasteiger partial charge in [0.15, 0.2) is 12.7 Å². The zero-order valence-electron chi connectivity index (χ0n) is 16.0. The molecule has 2 aromatic carbocycles. The lowest BCUT2D eigenvalue weighted by Crippen LogP contribution is -2.34. The summed E-state index contributed by atoms with van der Waals surface area (Å²) in [6.45, 7) is 7.90. The van der Waals surface area contributed by atoms with Crippen molar-refractivity contribution in [3.05, 3.63) is 47.5 Å². The van der Waals surface area contributed by atoms with Gasteiger partial charge in [-0.15, -0.1) is 0 Å². The lowest BCUT2D eigenvalue weighted by Gasteiger charge is -2.23. The SMILES string of the molecule is Cc1cc(OCC(=O)Nc2ccc3c(c2)NC(=O)[C@H](C)O3)ccc1C(C)C. The van der Waals surface area contributed by atoms with Crippen LogP contribution in [0.15, 0.2) is 36.4 Å². The number of ether oxygens (including phenoxy) is 2. The Balaban J connectivity index is 1.59. The van der Waals surface area contributed by atoms with Crippen LogP contribution in [0, 0.1) is 6.92 Å². The molecule has 2 amide bonds. The zero-order valence-corrected chi connectivity index (χ0v) is 16.0. The number of nitrogens with one attached hydrogen (secondary N) is 2. The van der Waals surface area contributed by atoms with Crippen molar-refractivity contribution < 1.29 is 19.1 Å². The molecule has 2 N–H and O–H groups in total. The van der Waals surface area contributed by atoms with E-state index in [4.69, 9.17) is 9.47 Å². The summed E-state index contributed by atoms with van der Waals surface area (Å²) >= 11 is 0. The Kier molecular flexibility index (Phi) is 5.35. The molecule has 3 rings (SSSR count). The van der Waals surface area contributed by atoms with Gasteiger partial charge < -0.3 is 20.1 Å². The van der Waals surface area contributed by atoms with Crippen LogP contribution in [0.1, 0.15) is 37.8 Å². The maximum Gasteiger partial charge on any atom is 0.265 e. The summed E-state index contributed by atoms with van der Waals surface area (Å²) in [5.74, 6) is 1.19. The molecule has 6 nitrogen and oxygen atoms in total. The molecule has 0 spiro atoms. The third kappa shape index (κ3) is 4.39. The summed E-state index contributed by atoms with van der Waals surface area (Å²) in [7, 11) is 0. The number of carbonyl (C=O) groups is 2. The molecule has 27 heavy (non-hydrogen) atoms. The highest BCUT2D eigenvalue weighted by atomic mass is 16.5. The van der Waals surface area contributed by atoms with Crippen molar-refractivity contribution in [1.29, 1.82) is 0 Å². The molecule has 1 aliphatic heterocycles. The molecular weight excluding hydrogens is 344 g/mol. The van der Waals surface area contributed by atoms with Crippen LogP contribution in [0.4, 0.5) is 11.4 Å². The number of anilines is 2. The standard InChI is InChI=1S/C21H24N2O4/c1-12(2)17-7-6-16(9-13(17)3)26-11-20(24)22-15-5-8-19-18(10-15)23-21(25)14(4)27-19/h5-10,12,14H,11H2,1-4H3,(H,22,24)(H,23,25)/t14-/m0/s1. The number of rotatable bonds is 5. The van der Waals surface area contributed by atoms with Gasteiger partial charge in [-0.05, 0) is 61.2 Å². The largest absolute Gasteiger partial charge is 0.484 e. The fourth-order valence-corrected chi connectivity index (χ4v) is 3.02. The summed E-state index contributed by atoms with van der Waals surface area (Å²) in [5, 5.41) is 5.52. The lowest BCUT2D eigenvalue weighted by atomic mass is 9.98. The van der Waals surface area contributed by atoms with Gasteiger partial charge in [-0.3, -0.25) is 9.59 Å². The Bertz CT molecular complexity index is 876. The number of hydrogen-bond donors (Lipinski definition) is 2. The number of hydrogen-bond acceptors (Lipinski definition) is 4. The van der Waals surface area contributed by atoms with Gasteiger partial charge in [0.1, 0.15) is 11.5 Å². The van der Waals surface area contributed by atoms with Crippen molar-refractivity contribution >= 4 is 23.2 Å². The molecule has 0 saturated heterocycles. The van der Waals surface area contributed by atoms with Crippen molar-refractivity contribution in [2.45, 2.75) is 39.7 Å². The van der Waals surface area contributed by atoms with Crippen molar-refractivity contribution in [3.8, 4) is 11.5 Å². The van der Waals surface area contributed by atoms with Crippen LogP contribution in [0.25, 0.3) is 0 Å². The van der Waals surface area contributed by atoms with Crippen LogP contribution in [0.2, 0.25) is 0 Å². The molecule has 142 valence electrons. The van der Waals surface area contributed by atoms with Crippen molar-refractivity contribution in [1.82, 2.24) is 0 Å². The number of carbonyl (C=O) groups excluding carboxylic acids is 2. The molecule has 0 fully saturated rings. The molecule has 1 atom stereocenters. The third-order valence-corrected chi connectivity index (χ3v) is 4.43. The first-order chi connectivity index (χ1) is 12.8. The number of fused-ring (bicyclic) bond motifs is 1. The molecule has 0 aromatic heterocycles. The smallest absolute Gasteiger partial charge is 0.265 e. The van der Waals surface area contributed by atoms with Gasteiger partial charge in [0, 0.05) is 5.69 Å². The van der Waals surface area contributed by atoms with E-state index in [0.717, 1.165) is 5.56 Å². The van der Waals surface area contributed by atoms with Crippen molar-refractivity contribution in [2.75, 3.05) is 17.2 Å². The number of amides is 2. The Hall–Kier alpha value is -3.02. The van der Waals surface area contributed by atoms with E-state index < -0.39 is 6.10 Å². The molecule has 0 bridgehead atoms. The monoisotopic (exact) mass is 368 g/mol. The molecule has 1 aliphatic rings. The molecule has 6 heteroatoms. The topological polar surface area (TPSA) is 76.7 Å². The Morgan fingerprint density at radius 1 is 1.26 bits per heavy atom. The quantitative estimate of drug-likeness (QED) is 0.840. The van der Waals surface area contributed by atoms with Gasteiger partial charge in [0.2, 0.25) is 0 Å². The molecule has 1 heterocycles. The fraction of sp³-hybridized carbons (Fsp3) is 0.333. The molecule has 2 aromatic rings. The first kappa shape index (κ1) is 18.8. The Morgan fingerprint density at radius 2 is 2.04 bits per heavy atom. The summed E-state index contributed by atoms with van der Waals surface area (Å²) in [6.07, 6.45) is -0.531. The predicted molar refractivity (Wildman–Crippen MR) is 105 cm³/mol. The number of aryl methyl sites for hydroxylation is 1. The van der Waals surface area contributed by atoms with E-state index in [0.29, 0.717) is 28.8 Å². The van der Waals surface area contributed by atoms with Gasteiger partial charge in [-0.25, -0.2) is 0 Å². The van der Waals surface area contributed by atoms with Gasteiger partial charge in [-0.1, -0.05) is 19.9 Å². The summed E-state index contributed by atoms with van der Waals surface area (Å²) in [5.41, 5.74) is 3.51. The summed E-state index contributed by atoms with van der Waals surface area (Å²) in [4.78, 5) is 23.9. The normalized spacial score (nSPS) is 15.6. The second-order valence-corrected chi connectivity index (χ2v) is 6.97. The molecule has 0 saturated carbocycles. The second-order valence-electron chi connectivity index (χ2n) is 6.97.